The molecule has 38 heavy (non-hydrogen) atoms. The van der Waals surface area contributed by atoms with Gasteiger partial charge in [-0.15, -0.1) is 0 Å². The number of nitrogens with one attached hydrogen (secondary N) is 1. The van der Waals surface area contributed by atoms with Crippen molar-refractivity contribution < 1.29 is 49.0 Å². The molecule has 1 aliphatic rings. The van der Waals surface area contributed by atoms with Crippen LogP contribution >= 0.6 is 0 Å². The van der Waals surface area contributed by atoms with Crippen molar-refractivity contribution in [2.75, 3.05) is 5.32 Å². The fraction of sp³-hybridized carbons (Fsp3) is 0.233. The van der Waals surface area contributed by atoms with Crippen LogP contribution in [0.15, 0.2) is 85.1 Å². The van der Waals surface area contributed by atoms with Crippen LogP contribution in [-0.2, 0) is 21.5 Å². The summed E-state index contributed by atoms with van der Waals surface area (Å²) >= 11 is 0. The zero-order chi connectivity index (χ0) is 26.0. The van der Waals surface area contributed by atoms with Gasteiger partial charge in [0.15, 0.2) is 0 Å². The first-order chi connectivity index (χ1) is 17.9. The average Bonchev–Trinajstić information content (AvgIpc) is 3.65. The van der Waals surface area contributed by atoms with Crippen LogP contribution in [0.4, 0.5) is 10.6 Å². The number of carboxylic acids is 1. The van der Waals surface area contributed by atoms with E-state index in [1.54, 1.807) is 10.9 Å². The molecule has 3 aromatic carbocycles. The van der Waals surface area contributed by atoms with Crippen LogP contribution in [0.1, 0.15) is 43.9 Å². The number of rotatable bonds is 8. The summed E-state index contributed by atoms with van der Waals surface area (Å²) in [6, 6.07) is 25.2. The van der Waals surface area contributed by atoms with E-state index in [4.69, 9.17) is 4.74 Å². The van der Waals surface area contributed by atoms with Gasteiger partial charge in [-0.1, -0.05) is 78.9 Å². The van der Waals surface area contributed by atoms with Crippen molar-refractivity contribution >= 4 is 17.9 Å². The maximum Gasteiger partial charge on any atom is 1.00 e. The molecule has 1 fully saturated rings. The second-order valence-electron chi connectivity index (χ2n) is 9.33. The van der Waals surface area contributed by atoms with E-state index in [1.165, 1.54) is 0 Å². The first kappa shape index (κ1) is 27.6. The first-order valence-electron chi connectivity index (χ1n) is 12.4. The third-order valence-corrected chi connectivity index (χ3v) is 7.02. The van der Waals surface area contributed by atoms with Gasteiger partial charge in [-0.2, -0.15) is 5.10 Å². The van der Waals surface area contributed by atoms with Crippen molar-refractivity contribution in [1.82, 2.24) is 9.78 Å². The van der Waals surface area contributed by atoms with Gasteiger partial charge in [-0.25, -0.2) is 9.48 Å². The number of aromatic nitrogens is 2. The molecule has 0 unspecified atom stereocenters. The summed E-state index contributed by atoms with van der Waals surface area (Å²) in [5, 5.41) is 18.8. The van der Waals surface area contributed by atoms with Gasteiger partial charge < -0.3 is 14.6 Å². The second-order valence-corrected chi connectivity index (χ2v) is 9.33. The fourth-order valence-electron chi connectivity index (χ4n) is 4.61. The summed E-state index contributed by atoms with van der Waals surface area (Å²) in [5.41, 5.74) is 4.58. The Morgan fingerprint density at radius 1 is 0.974 bits per heavy atom. The number of carbonyl (C=O) groups is 2. The third kappa shape index (κ3) is 5.55. The normalized spacial score (nSPS) is 14.2. The summed E-state index contributed by atoms with van der Waals surface area (Å²) in [6.45, 7) is 4.38. The molecule has 188 valence electrons. The smallest absolute Gasteiger partial charge is 0.549 e. The van der Waals surface area contributed by atoms with Crippen LogP contribution in [0.5, 0.6) is 0 Å². The molecule has 0 spiro atoms. The van der Waals surface area contributed by atoms with E-state index < -0.39 is 23.6 Å². The molecule has 4 aromatic rings. The van der Waals surface area contributed by atoms with E-state index in [9.17, 15) is 14.7 Å². The Morgan fingerprint density at radius 2 is 1.55 bits per heavy atom. The molecule has 0 bridgehead atoms. The predicted octanol–water partition coefficient (Wildman–Crippen LogP) is 2.33. The van der Waals surface area contributed by atoms with Crippen LogP contribution in [0.2, 0.25) is 0 Å². The van der Waals surface area contributed by atoms with Gasteiger partial charge in [0, 0.05) is 17.5 Å². The summed E-state index contributed by atoms with van der Waals surface area (Å²) in [5.74, 6) is -0.429. The van der Waals surface area contributed by atoms with E-state index in [1.807, 2.05) is 92.7 Å². The Balaban J connectivity index is 0.00000336. The predicted molar refractivity (Wildman–Crippen MR) is 140 cm³/mol. The van der Waals surface area contributed by atoms with E-state index in [-0.39, 0.29) is 29.6 Å². The van der Waals surface area contributed by atoms with E-state index in [2.05, 4.69) is 10.4 Å². The molecule has 1 aromatic heterocycles. The number of carboxylic acid groups (broad SMARTS) is 1. The molecule has 1 aliphatic carbocycles. The largest absolute Gasteiger partial charge is 1.00 e. The standard InChI is InChI=1S/C30H29N3O4.Na/c1-3-33-27(32-29(36)37-20(2)21-7-5-4-6-8-21)26(19-31-33)24-11-9-22(10-12-24)23-13-15-25(16-14-23)30(17-18-30)28(34)35;/h4-16,19-20H,3,17-18H2,1-2H3,(H,32,36)(H,34,35);/q;+1/p-1/t20-;/m1./s1. The molecule has 1 atom stereocenters. The van der Waals surface area contributed by atoms with Crippen LogP contribution in [0, 0.1) is 0 Å². The van der Waals surface area contributed by atoms with Gasteiger partial charge in [0.2, 0.25) is 0 Å². The zero-order valence-electron chi connectivity index (χ0n) is 21.8. The summed E-state index contributed by atoms with van der Waals surface area (Å²) < 4.78 is 7.32. The molecular formula is C30H28N3NaO4. The Labute approximate surface area is 244 Å². The minimum Gasteiger partial charge on any atom is -0.549 e. The molecule has 8 heteroatoms. The van der Waals surface area contributed by atoms with Gasteiger partial charge in [0.1, 0.15) is 11.9 Å². The number of aliphatic carboxylic acids is 1. The number of hydrogen-bond acceptors (Lipinski definition) is 5. The van der Waals surface area contributed by atoms with Crippen LogP contribution in [0.3, 0.4) is 0 Å². The summed E-state index contributed by atoms with van der Waals surface area (Å²) in [6.07, 6.45) is 2.05. The molecule has 7 nitrogen and oxygen atoms in total. The van der Waals surface area contributed by atoms with Gasteiger partial charge in [0.25, 0.3) is 0 Å². The number of amides is 1. The zero-order valence-corrected chi connectivity index (χ0v) is 23.8. The van der Waals surface area contributed by atoms with Crippen LogP contribution in [0.25, 0.3) is 22.3 Å². The van der Waals surface area contributed by atoms with Crippen molar-refractivity contribution in [2.45, 2.75) is 44.8 Å². The molecular weight excluding hydrogens is 489 g/mol. The summed E-state index contributed by atoms with van der Waals surface area (Å²) in [7, 11) is 0. The summed E-state index contributed by atoms with van der Waals surface area (Å²) in [4.78, 5) is 24.2. The molecule has 5 rings (SSSR count). The van der Waals surface area contributed by atoms with Crippen molar-refractivity contribution in [3.05, 3.63) is 96.2 Å². The van der Waals surface area contributed by atoms with Crippen molar-refractivity contribution in [2.24, 2.45) is 0 Å². The van der Waals surface area contributed by atoms with Crippen molar-refractivity contribution in [3.8, 4) is 22.3 Å². The topological polar surface area (TPSA) is 96.3 Å². The molecule has 1 amide bonds. The maximum atomic E-state index is 12.7. The molecule has 1 heterocycles. The molecule has 0 aliphatic heterocycles. The number of nitrogens with zero attached hydrogens (tertiary/aromatic N) is 2. The number of benzene rings is 3. The minimum absolute atomic E-state index is 0. The van der Waals surface area contributed by atoms with E-state index in [0.717, 1.165) is 33.4 Å². The molecule has 1 saturated carbocycles. The Bertz CT molecular complexity index is 1410. The number of carbonyl (C=O) groups excluding carboxylic acids is 2. The molecule has 0 saturated heterocycles. The first-order valence-corrected chi connectivity index (χ1v) is 12.4. The Kier molecular flexibility index (Phi) is 8.41. The quantitative estimate of drug-likeness (QED) is 0.362. The van der Waals surface area contributed by atoms with Gasteiger partial charge >= 0.3 is 35.7 Å². The Morgan fingerprint density at radius 3 is 2.11 bits per heavy atom. The van der Waals surface area contributed by atoms with E-state index in [0.29, 0.717) is 25.2 Å². The van der Waals surface area contributed by atoms with Crippen LogP contribution in [-0.4, -0.2) is 21.8 Å². The fourth-order valence-corrected chi connectivity index (χ4v) is 4.61. The molecule has 1 N–H and O–H groups in total. The van der Waals surface area contributed by atoms with Crippen molar-refractivity contribution in [3.63, 3.8) is 0 Å². The molecule has 0 radical (unpaired) electrons. The van der Waals surface area contributed by atoms with Gasteiger partial charge in [-0.05, 0) is 54.5 Å². The third-order valence-electron chi connectivity index (χ3n) is 7.02. The average molecular weight is 518 g/mol. The number of ether oxygens (including phenoxy) is 1. The SMILES string of the molecule is CCn1ncc(-c2ccc(-c3ccc(C4(C(=O)[O-])CC4)cc3)cc2)c1NC(=O)O[C@H](C)c1ccccc1.[Na+]. The minimum atomic E-state index is -1.000. The number of anilines is 1. The monoisotopic (exact) mass is 517 g/mol. The van der Waals surface area contributed by atoms with E-state index >= 15 is 0 Å². The van der Waals surface area contributed by atoms with Gasteiger partial charge in [-0.3, -0.25) is 5.32 Å². The number of hydrogen-bond donors (Lipinski definition) is 1. The van der Waals surface area contributed by atoms with Crippen LogP contribution < -0.4 is 40.0 Å². The maximum absolute atomic E-state index is 12.7. The van der Waals surface area contributed by atoms with Crippen molar-refractivity contribution in [1.29, 1.82) is 0 Å². The number of aryl methyl sites for hydroxylation is 1. The second kappa shape index (κ2) is 11.6. The van der Waals surface area contributed by atoms with Gasteiger partial charge in [0.05, 0.1) is 12.2 Å². The Hall–Kier alpha value is -3.39.